The third kappa shape index (κ3) is 5.39. The molecule has 1 aliphatic heterocycles. The Bertz CT molecular complexity index is 684. The summed E-state index contributed by atoms with van der Waals surface area (Å²) in [7, 11) is 1.87. The first-order valence-electron chi connectivity index (χ1n) is 8.83. The topological polar surface area (TPSA) is 45.5 Å². The molecule has 0 spiro atoms. The molecule has 1 aromatic carbocycles. The lowest BCUT2D eigenvalue weighted by Crippen LogP contribution is -2.48. The standard InChI is InChI=1S/C19H27N5S.HI/c1-15(2)18-14-23(11-12-25-18)19(20-3)21-13-16-5-7-17(8-6-16)24-10-4-9-22-24;/h4-10,15,18H,11-14H2,1-3H3,(H,20,21);1H. The Morgan fingerprint density at radius 3 is 2.73 bits per heavy atom. The first-order chi connectivity index (χ1) is 12.2. The van der Waals surface area contributed by atoms with Crippen LogP contribution in [-0.2, 0) is 6.54 Å². The number of thioether (sulfide) groups is 1. The Hall–Kier alpha value is -1.22. The number of aromatic nitrogens is 2. The fourth-order valence-corrected chi connectivity index (χ4v) is 4.27. The minimum atomic E-state index is 0. The van der Waals surface area contributed by atoms with E-state index in [1.54, 1.807) is 6.20 Å². The molecule has 0 bridgehead atoms. The number of guanidine groups is 1. The fourth-order valence-electron chi connectivity index (χ4n) is 2.97. The maximum absolute atomic E-state index is 4.49. The highest BCUT2D eigenvalue weighted by Gasteiger charge is 2.24. The van der Waals surface area contributed by atoms with Crippen LogP contribution in [0.25, 0.3) is 5.69 Å². The summed E-state index contributed by atoms with van der Waals surface area (Å²) in [4.78, 5) is 6.88. The summed E-state index contributed by atoms with van der Waals surface area (Å²) >= 11 is 2.08. The Morgan fingerprint density at radius 2 is 2.12 bits per heavy atom. The van der Waals surface area contributed by atoms with Gasteiger partial charge in [0.15, 0.2) is 5.96 Å². The highest BCUT2D eigenvalue weighted by molar-refractivity contribution is 14.0. The zero-order valence-electron chi connectivity index (χ0n) is 15.6. The Labute approximate surface area is 177 Å². The van der Waals surface area contributed by atoms with Crippen LogP contribution in [-0.4, -0.2) is 51.8 Å². The van der Waals surface area contributed by atoms with E-state index in [0.29, 0.717) is 11.2 Å². The van der Waals surface area contributed by atoms with Crippen molar-refractivity contribution in [3.63, 3.8) is 0 Å². The lowest BCUT2D eigenvalue weighted by Gasteiger charge is -2.36. The van der Waals surface area contributed by atoms with Crippen molar-refractivity contribution < 1.29 is 0 Å². The van der Waals surface area contributed by atoms with E-state index in [1.807, 2.05) is 24.0 Å². The van der Waals surface area contributed by atoms with Gasteiger partial charge in [0, 0.05) is 50.1 Å². The van der Waals surface area contributed by atoms with Gasteiger partial charge in [-0.15, -0.1) is 24.0 Å². The Kier molecular flexibility index (Phi) is 8.27. The molecular formula is C19H28IN5S. The molecule has 7 heteroatoms. The summed E-state index contributed by atoms with van der Waals surface area (Å²) in [5, 5.41) is 8.45. The number of nitrogens with one attached hydrogen (secondary N) is 1. The molecule has 0 radical (unpaired) electrons. The molecule has 1 unspecified atom stereocenters. The molecule has 1 atom stereocenters. The number of benzene rings is 1. The average Bonchev–Trinajstić information content (AvgIpc) is 3.18. The molecular weight excluding hydrogens is 457 g/mol. The van der Waals surface area contributed by atoms with E-state index >= 15 is 0 Å². The average molecular weight is 485 g/mol. The zero-order chi connectivity index (χ0) is 17.6. The molecule has 1 saturated heterocycles. The van der Waals surface area contributed by atoms with Gasteiger partial charge in [-0.3, -0.25) is 4.99 Å². The van der Waals surface area contributed by atoms with Crippen molar-refractivity contribution in [2.24, 2.45) is 10.9 Å². The molecule has 0 amide bonds. The Balaban J connectivity index is 0.00000243. The van der Waals surface area contributed by atoms with Crippen LogP contribution in [0.15, 0.2) is 47.7 Å². The van der Waals surface area contributed by atoms with Crippen LogP contribution in [0.3, 0.4) is 0 Å². The predicted octanol–water partition coefficient (Wildman–Crippen LogP) is 3.64. The lowest BCUT2D eigenvalue weighted by molar-refractivity contribution is 0.380. The number of rotatable bonds is 4. The number of hydrogen-bond donors (Lipinski definition) is 1. The molecule has 1 aromatic heterocycles. The van der Waals surface area contributed by atoms with E-state index in [0.717, 1.165) is 31.3 Å². The minimum Gasteiger partial charge on any atom is -0.352 e. The van der Waals surface area contributed by atoms with Gasteiger partial charge in [0.2, 0.25) is 0 Å². The number of halogens is 1. The summed E-state index contributed by atoms with van der Waals surface area (Å²) in [6.07, 6.45) is 3.75. The SMILES string of the molecule is CN=C(NCc1ccc(-n2cccn2)cc1)N1CCSC(C(C)C)C1.I. The van der Waals surface area contributed by atoms with Crippen molar-refractivity contribution in [3.05, 3.63) is 48.3 Å². The molecule has 1 fully saturated rings. The lowest BCUT2D eigenvalue weighted by atomic mass is 10.1. The fraction of sp³-hybridized carbons (Fsp3) is 0.474. The van der Waals surface area contributed by atoms with Crippen molar-refractivity contribution in [2.45, 2.75) is 25.6 Å². The molecule has 0 aliphatic carbocycles. The van der Waals surface area contributed by atoms with E-state index < -0.39 is 0 Å². The second-order valence-electron chi connectivity index (χ2n) is 6.62. The smallest absolute Gasteiger partial charge is 0.193 e. The van der Waals surface area contributed by atoms with Crippen molar-refractivity contribution >= 4 is 41.7 Å². The molecule has 1 N–H and O–H groups in total. The van der Waals surface area contributed by atoms with Gasteiger partial charge in [-0.05, 0) is 29.7 Å². The molecule has 1 aliphatic rings. The molecule has 2 aromatic rings. The van der Waals surface area contributed by atoms with Gasteiger partial charge in [-0.2, -0.15) is 16.9 Å². The maximum atomic E-state index is 4.49. The van der Waals surface area contributed by atoms with Gasteiger partial charge in [0.1, 0.15) is 0 Å². The second kappa shape index (κ2) is 10.2. The third-order valence-electron chi connectivity index (χ3n) is 4.50. The van der Waals surface area contributed by atoms with Crippen LogP contribution in [0.4, 0.5) is 0 Å². The molecule has 5 nitrogen and oxygen atoms in total. The number of aliphatic imine (C=N–C) groups is 1. The minimum absolute atomic E-state index is 0. The molecule has 142 valence electrons. The first kappa shape index (κ1) is 21.1. The van der Waals surface area contributed by atoms with E-state index in [4.69, 9.17) is 0 Å². The van der Waals surface area contributed by atoms with Crippen LogP contribution in [0.2, 0.25) is 0 Å². The molecule has 2 heterocycles. The van der Waals surface area contributed by atoms with E-state index in [9.17, 15) is 0 Å². The third-order valence-corrected chi connectivity index (χ3v) is 6.04. The summed E-state index contributed by atoms with van der Waals surface area (Å²) in [5.41, 5.74) is 2.31. The monoisotopic (exact) mass is 485 g/mol. The van der Waals surface area contributed by atoms with Gasteiger partial charge in [0.05, 0.1) is 5.69 Å². The molecule has 0 saturated carbocycles. The normalized spacial score (nSPS) is 17.9. The van der Waals surface area contributed by atoms with Gasteiger partial charge >= 0.3 is 0 Å². The van der Waals surface area contributed by atoms with Gasteiger partial charge in [-0.25, -0.2) is 4.68 Å². The van der Waals surface area contributed by atoms with Crippen LogP contribution in [0, 0.1) is 5.92 Å². The van der Waals surface area contributed by atoms with Gasteiger partial charge < -0.3 is 10.2 Å². The summed E-state index contributed by atoms with van der Waals surface area (Å²) in [5.74, 6) is 2.87. The van der Waals surface area contributed by atoms with E-state index in [2.05, 4.69) is 70.2 Å². The highest BCUT2D eigenvalue weighted by Crippen LogP contribution is 2.24. The summed E-state index contributed by atoms with van der Waals surface area (Å²) in [6.45, 7) is 7.52. The van der Waals surface area contributed by atoms with Crippen molar-refractivity contribution in [1.29, 1.82) is 0 Å². The van der Waals surface area contributed by atoms with Crippen molar-refractivity contribution in [2.75, 3.05) is 25.9 Å². The molecule has 3 rings (SSSR count). The number of nitrogens with zero attached hydrogens (tertiary/aromatic N) is 4. The number of hydrogen-bond acceptors (Lipinski definition) is 3. The quantitative estimate of drug-likeness (QED) is 0.408. The zero-order valence-corrected chi connectivity index (χ0v) is 18.8. The summed E-state index contributed by atoms with van der Waals surface area (Å²) < 4.78 is 1.87. The first-order valence-corrected chi connectivity index (χ1v) is 9.88. The second-order valence-corrected chi connectivity index (χ2v) is 7.96. The van der Waals surface area contributed by atoms with E-state index in [1.165, 1.54) is 11.3 Å². The van der Waals surface area contributed by atoms with Crippen molar-refractivity contribution in [1.82, 2.24) is 20.0 Å². The largest absolute Gasteiger partial charge is 0.352 e. The summed E-state index contributed by atoms with van der Waals surface area (Å²) in [6, 6.07) is 10.4. The maximum Gasteiger partial charge on any atom is 0.193 e. The van der Waals surface area contributed by atoms with Crippen LogP contribution in [0.5, 0.6) is 0 Å². The van der Waals surface area contributed by atoms with Crippen LogP contribution < -0.4 is 5.32 Å². The van der Waals surface area contributed by atoms with Gasteiger partial charge in [0.25, 0.3) is 0 Å². The Morgan fingerprint density at radius 1 is 1.35 bits per heavy atom. The molecule has 26 heavy (non-hydrogen) atoms. The van der Waals surface area contributed by atoms with Crippen LogP contribution >= 0.6 is 35.7 Å². The predicted molar refractivity (Wildman–Crippen MR) is 122 cm³/mol. The van der Waals surface area contributed by atoms with Crippen molar-refractivity contribution in [3.8, 4) is 5.69 Å². The van der Waals surface area contributed by atoms with Gasteiger partial charge in [-0.1, -0.05) is 26.0 Å². The van der Waals surface area contributed by atoms with Crippen LogP contribution in [0.1, 0.15) is 19.4 Å². The van der Waals surface area contributed by atoms with E-state index in [-0.39, 0.29) is 24.0 Å². The highest BCUT2D eigenvalue weighted by atomic mass is 127.